The quantitative estimate of drug-likeness (QED) is 0.465. The number of rotatable bonds is 7. The molecule has 3 rings (SSSR count). The summed E-state index contributed by atoms with van der Waals surface area (Å²) in [6, 6.07) is 13.1. The van der Waals surface area contributed by atoms with Crippen LogP contribution in [0.2, 0.25) is 5.02 Å². The molecule has 2 aromatic carbocycles. The average Bonchev–Trinajstić information content (AvgIpc) is 2.83. The van der Waals surface area contributed by atoms with Crippen molar-refractivity contribution in [3.8, 4) is 11.5 Å². The first-order valence-corrected chi connectivity index (χ1v) is 10.7. The van der Waals surface area contributed by atoms with Gasteiger partial charge in [-0.2, -0.15) is 0 Å². The Morgan fingerprint density at radius 2 is 1.32 bits per heavy atom. The van der Waals surface area contributed by atoms with Crippen LogP contribution in [0.3, 0.4) is 0 Å². The van der Waals surface area contributed by atoms with Gasteiger partial charge >= 0.3 is 17.9 Å². The van der Waals surface area contributed by atoms with Gasteiger partial charge in [0.2, 0.25) is 0 Å². The summed E-state index contributed by atoms with van der Waals surface area (Å²) in [7, 11) is 2.55. The van der Waals surface area contributed by atoms with Gasteiger partial charge in [0.15, 0.2) is 6.61 Å². The Morgan fingerprint density at radius 1 is 0.824 bits per heavy atom. The van der Waals surface area contributed by atoms with E-state index in [0.29, 0.717) is 27.7 Å². The van der Waals surface area contributed by atoms with Crippen LogP contribution >= 0.6 is 11.6 Å². The zero-order valence-electron chi connectivity index (χ0n) is 19.1. The highest BCUT2D eigenvalue weighted by Gasteiger charge is 2.37. The van der Waals surface area contributed by atoms with Crippen molar-refractivity contribution in [1.29, 1.82) is 0 Å². The van der Waals surface area contributed by atoms with E-state index in [1.165, 1.54) is 14.2 Å². The van der Waals surface area contributed by atoms with Gasteiger partial charge in [0.1, 0.15) is 11.5 Å². The molecule has 34 heavy (non-hydrogen) atoms. The van der Waals surface area contributed by atoms with E-state index < -0.39 is 23.8 Å². The van der Waals surface area contributed by atoms with E-state index in [2.05, 4.69) is 5.32 Å². The molecule has 0 aliphatic carbocycles. The fourth-order valence-corrected chi connectivity index (χ4v) is 3.78. The zero-order valence-corrected chi connectivity index (χ0v) is 19.9. The summed E-state index contributed by atoms with van der Waals surface area (Å²) >= 11 is 5.83. The van der Waals surface area contributed by atoms with Crippen LogP contribution < -0.4 is 14.8 Å². The molecule has 1 N–H and O–H groups in total. The fourth-order valence-electron chi connectivity index (χ4n) is 3.65. The van der Waals surface area contributed by atoms with Gasteiger partial charge in [0, 0.05) is 16.4 Å². The molecule has 0 unspecified atom stereocenters. The molecule has 0 fully saturated rings. The van der Waals surface area contributed by atoms with Gasteiger partial charge in [-0.15, -0.1) is 0 Å². The van der Waals surface area contributed by atoms with E-state index in [1.54, 1.807) is 62.4 Å². The lowest BCUT2D eigenvalue weighted by Gasteiger charge is -2.30. The van der Waals surface area contributed by atoms with E-state index >= 15 is 0 Å². The Hall–Kier alpha value is -3.78. The second kappa shape index (κ2) is 10.9. The number of ether oxygens (including phenoxy) is 4. The molecule has 0 amide bonds. The van der Waals surface area contributed by atoms with Crippen LogP contribution in [-0.2, 0) is 23.9 Å². The monoisotopic (exact) mass is 485 g/mol. The SMILES string of the molecule is COC(=O)C1=C(C)NC(C)=C(C(=O)OC)C1c1ccc(OC(=O)COc2ccc(Cl)cc2)cc1. The summed E-state index contributed by atoms with van der Waals surface area (Å²) in [6.45, 7) is 3.17. The number of hydrogen-bond donors (Lipinski definition) is 1. The Morgan fingerprint density at radius 3 is 1.82 bits per heavy atom. The number of carbonyl (C=O) groups is 3. The predicted molar refractivity (Wildman–Crippen MR) is 124 cm³/mol. The van der Waals surface area contributed by atoms with E-state index in [1.807, 2.05) is 0 Å². The summed E-state index contributed by atoms with van der Waals surface area (Å²) in [5.74, 6) is -1.70. The minimum Gasteiger partial charge on any atom is -0.482 e. The summed E-state index contributed by atoms with van der Waals surface area (Å²) in [5, 5.41) is 3.60. The number of hydrogen-bond acceptors (Lipinski definition) is 8. The van der Waals surface area contributed by atoms with Gasteiger partial charge < -0.3 is 24.3 Å². The summed E-state index contributed by atoms with van der Waals surface area (Å²) in [4.78, 5) is 37.3. The highest BCUT2D eigenvalue weighted by molar-refractivity contribution is 6.30. The van der Waals surface area contributed by atoms with Crippen molar-refractivity contribution in [2.45, 2.75) is 19.8 Å². The van der Waals surface area contributed by atoms with E-state index in [0.717, 1.165) is 0 Å². The van der Waals surface area contributed by atoms with Crippen molar-refractivity contribution in [1.82, 2.24) is 5.32 Å². The molecule has 178 valence electrons. The van der Waals surface area contributed by atoms with Crippen LogP contribution in [0.15, 0.2) is 71.1 Å². The lowest BCUT2D eigenvalue weighted by Crippen LogP contribution is -2.32. The first kappa shape index (κ1) is 24.9. The molecule has 0 saturated carbocycles. The van der Waals surface area contributed by atoms with Crippen LogP contribution in [0.4, 0.5) is 0 Å². The maximum Gasteiger partial charge on any atom is 0.349 e. The van der Waals surface area contributed by atoms with Crippen LogP contribution in [0.1, 0.15) is 25.3 Å². The van der Waals surface area contributed by atoms with Crippen LogP contribution in [-0.4, -0.2) is 38.7 Å². The number of carbonyl (C=O) groups excluding carboxylic acids is 3. The molecule has 1 aliphatic rings. The van der Waals surface area contributed by atoms with Gasteiger partial charge in [-0.25, -0.2) is 14.4 Å². The van der Waals surface area contributed by atoms with Crippen molar-refractivity contribution >= 4 is 29.5 Å². The highest BCUT2D eigenvalue weighted by atomic mass is 35.5. The van der Waals surface area contributed by atoms with Gasteiger partial charge in [-0.3, -0.25) is 0 Å². The lowest BCUT2D eigenvalue weighted by molar-refractivity contribution is -0.138. The molecular formula is C25H24ClNO7. The molecule has 1 heterocycles. The summed E-state index contributed by atoms with van der Waals surface area (Å²) in [6.07, 6.45) is 0. The summed E-state index contributed by atoms with van der Waals surface area (Å²) < 4.78 is 20.6. The van der Waals surface area contributed by atoms with Gasteiger partial charge in [-0.05, 0) is 55.8 Å². The van der Waals surface area contributed by atoms with Crippen LogP contribution in [0, 0.1) is 0 Å². The minimum atomic E-state index is -0.723. The molecule has 0 spiro atoms. The van der Waals surface area contributed by atoms with Crippen molar-refractivity contribution < 1.29 is 33.3 Å². The Balaban J connectivity index is 1.80. The number of nitrogens with one attached hydrogen (secondary N) is 1. The average molecular weight is 486 g/mol. The maximum absolute atomic E-state index is 12.6. The fraction of sp³-hybridized carbons (Fsp3) is 0.240. The smallest absolute Gasteiger partial charge is 0.349 e. The molecular weight excluding hydrogens is 462 g/mol. The van der Waals surface area contributed by atoms with Gasteiger partial charge in [0.25, 0.3) is 0 Å². The minimum absolute atomic E-state index is 0.281. The number of dihydropyridines is 1. The third kappa shape index (κ3) is 5.58. The van der Waals surface area contributed by atoms with Crippen molar-refractivity contribution in [2.75, 3.05) is 20.8 Å². The maximum atomic E-state index is 12.6. The standard InChI is InChI=1S/C25H24ClNO7/c1-14-21(24(29)31-3)23(22(15(2)27-14)25(30)32-4)16-5-9-19(10-6-16)34-20(28)13-33-18-11-7-17(26)8-12-18/h5-12,23,27H,13H2,1-4H3. The van der Waals surface area contributed by atoms with E-state index in [4.69, 9.17) is 30.5 Å². The molecule has 0 aromatic heterocycles. The molecule has 1 aliphatic heterocycles. The van der Waals surface area contributed by atoms with E-state index in [-0.39, 0.29) is 23.5 Å². The lowest BCUT2D eigenvalue weighted by atomic mass is 9.80. The summed E-state index contributed by atoms with van der Waals surface area (Å²) in [5.41, 5.74) is 2.33. The third-order valence-corrected chi connectivity index (χ3v) is 5.44. The van der Waals surface area contributed by atoms with Crippen molar-refractivity contribution in [2.24, 2.45) is 0 Å². The van der Waals surface area contributed by atoms with Crippen molar-refractivity contribution in [3.05, 3.63) is 81.7 Å². The Labute approximate surface area is 202 Å². The molecule has 2 aromatic rings. The predicted octanol–water partition coefficient (Wildman–Crippen LogP) is 3.91. The van der Waals surface area contributed by atoms with E-state index in [9.17, 15) is 14.4 Å². The van der Waals surface area contributed by atoms with Crippen LogP contribution in [0.5, 0.6) is 11.5 Å². The molecule has 0 bridgehead atoms. The van der Waals surface area contributed by atoms with Crippen LogP contribution in [0.25, 0.3) is 0 Å². The highest BCUT2D eigenvalue weighted by Crippen LogP contribution is 2.39. The second-order valence-electron chi connectivity index (χ2n) is 7.40. The Kier molecular flexibility index (Phi) is 7.96. The molecule has 9 heteroatoms. The molecule has 0 atom stereocenters. The van der Waals surface area contributed by atoms with Crippen molar-refractivity contribution in [3.63, 3.8) is 0 Å². The number of methoxy groups -OCH3 is 2. The molecule has 0 radical (unpaired) electrons. The number of esters is 3. The number of benzene rings is 2. The molecule has 8 nitrogen and oxygen atoms in total. The zero-order chi connectivity index (χ0) is 24.8. The molecule has 0 saturated heterocycles. The Bertz CT molecular complexity index is 1110. The van der Waals surface area contributed by atoms with Gasteiger partial charge in [0.05, 0.1) is 31.3 Å². The number of allylic oxidation sites excluding steroid dienone is 2. The second-order valence-corrected chi connectivity index (χ2v) is 7.84. The normalized spacial score (nSPS) is 13.8. The largest absolute Gasteiger partial charge is 0.482 e. The van der Waals surface area contributed by atoms with Gasteiger partial charge in [-0.1, -0.05) is 23.7 Å². The first-order chi connectivity index (χ1) is 16.2. The number of halogens is 1. The third-order valence-electron chi connectivity index (χ3n) is 5.19. The topological polar surface area (TPSA) is 100 Å². The first-order valence-electron chi connectivity index (χ1n) is 10.3.